The minimum atomic E-state index is 0.0131. The summed E-state index contributed by atoms with van der Waals surface area (Å²) in [4.78, 5) is 18.5. The minimum Gasteiger partial charge on any atom is -0.495 e. The zero-order chi connectivity index (χ0) is 14.4. The highest BCUT2D eigenvalue weighted by atomic mass is 16.5. The third-order valence-corrected chi connectivity index (χ3v) is 3.52. The molecular formula is C14H22N4O2. The third-order valence-electron chi connectivity index (χ3n) is 3.52. The van der Waals surface area contributed by atoms with Gasteiger partial charge in [0.15, 0.2) is 0 Å². The number of hydrogen-bond donors (Lipinski definition) is 2. The lowest BCUT2D eigenvalue weighted by molar-refractivity contribution is -0.125. The molecule has 0 bridgehead atoms. The van der Waals surface area contributed by atoms with E-state index in [0.29, 0.717) is 19.6 Å². The molecule has 20 heavy (non-hydrogen) atoms. The van der Waals surface area contributed by atoms with Gasteiger partial charge in [-0.2, -0.15) is 0 Å². The third kappa shape index (κ3) is 3.60. The second kappa shape index (κ2) is 7.09. The van der Waals surface area contributed by atoms with Crippen molar-refractivity contribution in [3.8, 4) is 5.75 Å². The maximum Gasteiger partial charge on any atom is 0.224 e. The summed E-state index contributed by atoms with van der Waals surface area (Å²) in [5.41, 5.74) is 5.41. The molecule has 0 saturated carbocycles. The van der Waals surface area contributed by atoms with Crippen LogP contribution >= 0.6 is 0 Å². The van der Waals surface area contributed by atoms with Crippen molar-refractivity contribution in [1.29, 1.82) is 0 Å². The van der Waals surface area contributed by atoms with Crippen molar-refractivity contribution in [2.24, 2.45) is 11.7 Å². The minimum absolute atomic E-state index is 0.0131. The predicted octanol–water partition coefficient (Wildman–Crippen LogP) is 0.382. The number of rotatable bonds is 5. The van der Waals surface area contributed by atoms with Gasteiger partial charge in [-0.1, -0.05) is 0 Å². The number of amides is 1. The van der Waals surface area contributed by atoms with Gasteiger partial charge in [0.05, 0.1) is 19.2 Å². The van der Waals surface area contributed by atoms with E-state index in [1.165, 1.54) is 0 Å². The molecule has 110 valence electrons. The van der Waals surface area contributed by atoms with E-state index < -0.39 is 0 Å². The Hall–Kier alpha value is -1.82. The number of piperidine rings is 1. The summed E-state index contributed by atoms with van der Waals surface area (Å²) in [7, 11) is 1.62. The highest BCUT2D eigenvalue weighted by Crippen LogP contribution is 2.23. The van der Waals surface area contributed by atoms with Gasteiger partial charge in [0.25, 0.3) is 0 Å². The summed E-state index contributed by atoms with van der Waals surface area (Å²) in [6, 6.07) is 3.82. The van der Waals surface area contributed by atoms with Crippen molar-refractivity contribution < 1.29 is 9.53 Å². The van der Waals surface area contributed by atoms with E-state index in [1.807, 2.05) is 12.1 Å². The number of carbonyl (C=O) groups is 1. The summed E-state index contributed by atoms with van der Waals surface area (Å²) < 4.78 is 5.10. The van der Waals surface area contributed by atoms with Gasteiger partial charge < -0.3 is 20.7 Å². The fraction of sp³-hybridized carbons (Fsp3) is 0.571. The summed E-state index contributed by atoms with van der Waals surface area (Å²) in [5, 5.41) is 2.86. The van der Waals surface area contributed by atoms with Crippen LogP contribution in [-0.4, -0.2) is 44.2 Å². The smallest absolute Gasteiger partial charge is 0.224 e. The molecule has 0 aliphatic carbocycles. The van der Waals surface area contributed by atoms with Crippen LogP contribution in [0.25, 0.3) is 0 Å². The van der Waals surface area contributed by atoms with Crippen LogP contribution in [0.15, 0.2) is 18.3 Å². The number of methoxy groups -OCH3 is 1. The lowest BCUT2D eigenvalue weighted by atomic mass is 9.97. The predicted molar refractivity (Wildman–Crippen MR) is 77.8 cm³/mol. The molecule has 2 rings (SSSR count). The first kappa shape index (κ1) is 14.6. The number of hydrogen-bond acceptors (Lipinski definition) is 5. The summed E-state index contributed by atoms with van der Waals surface area (Å²) >= 11 is 0. The molecule has 1 unspecified atom stereocenters. The molecule has 1 aromatic rings. The Bertz CT molecular complexity index is 435. The molecule has 6 heteroatoms. The maximum absolute atomic E-state index is 12.0. The average Bonchev–Trinajstić information content (AvgIpc) is 2.52. The van der Waals surface area contributed by atoms with Crippen LogP contribution in [0.1, 0.15) is 12.8 Å². The first-order valence-electron chi connectivity index (χ1n) is 6.97. The molecule has 1 aliphatic rings. The first-order chi connectivity index (χ1) is 9.74. The van der Waals surface area contributed by atoms with Crippen LogP contribution in [0.5, 0.6) is 5.75 Å². The molecule has 1 saturated heterocycles. The van der Waals surface area contributed by atoms with Crippen molar-refractivity contribution in [2.45, 2.75) is 12.8 Å². The van der Waals surface area contributed by atoms with E-state index in [0.717, 1.165) is 31.0 Å². The van der Waals surface area contributed by atoms with Crippen molar-refractivity contribution in [2.75, 3.05) is 38.2 Å². The van der Waals surface area contributed by atoms with Crippen LogP contribution in [0, 0.1) is 5.92 Å². The number of anilines is 1. The second-order valence-electron chi connectivity index (χ2n) is 4.92. The molecule has 3 N–H and O–H groups in total. The maximum atomic E-state index is 12.0. The van der Waals surface area contributed by atoms with Crippen molar-refractivity contribution in [3.63, 3.8) is 0 Å². The van der Waals surface area contributed by atoms with Gasteiger partial charge in [0.2, 0.25) is 5.91 Å². The molecule has 0 spiro atoms. The topological polar surface area (TPSA) is 80.5 Å². The molecular weight excluding hydrogens is 256 g/mol. The van der Waals surface area contributed by atoms with Crippen molar-refractivity contribution in [1.82, 2.24) is 10.3 Å². The zero-order valence-corrected chi connectivity index (χ0v) is 11.8. The highest BCUT2D eigenvalue weighted by molar-refractivity contribution is 5.79. The molecule has 1 aliphatic heterocycles. The Labute approximate surface area is 119 Å². The number of nitrogens with two attached hydrogens (primary N) is 1. The van der Waals surface area contributed by atoms with Crippen LogP contribution < -0.4 is 20.7 Å². The summed E-state index contributed by atoms with van der Waals surface area (Å²) in [5.74, 6) is 1.73. The van der Waals surface area contributed by atoms with Crippen LogP contribution in [0.4, 0.5) is 5.82 Å². The van der Waals surface area contributed by atoms with E-state index in [1.54, 1.807) is 13.3 Å². The van der Waals surface area contributed by atoms with E-state index in [4.69, 9.17) is 10.5 Å². The molecule has 0 radical (unpaired) electrons. The quantitative estimate of drug-likeness (QED) is 0.814. The Morgan fingerprint density at radius 3 is 3.10 bits per heavy atom. The SMILES string of the molecule is COc1ccc(N2CCCC(C(=O)NCCN)C2)nc1. The summed E-state index contributed by atoms with van der Waals surface area (Å²) in [6.07, 6.45) is 3.62. The molecule has 1 amide bonds. The number of nitrogens with one attached hydrogen (secondary N) is 1. The van der Waals surface area contributed by atoms with Gasteiger partial charge in [-0.25, -0.2) is 4.98 Å². The monoisotopic (exact) mass is 278 g/mol. The normalized spacial score (nSPS) is 18.7. The standard InChI is InChI=1S/C14H22N4O2/c1-20-12-4-5-13(17-9-12)18-8-2-3-11(10-18)14(19)16-7-6-15/h4-5,9,11H,2-3,6-8,10,15H2,1H3,(H,16,19). The van der Waals surface area contributed by atoms with E-state index in [9.17, 15) is 4.79 Å². The molecule has 1 fully saturated rings. The molecule has 2 heterocycles. The van der Waals surface area contributed by atoms with Gasteiger partial charge in [0.1, 0.15) is 11.6 Å². The Balaban J connectivity index is 1.96. The Morgan fingerprint density at radius 2 is 2.45 bits per heavy atom. The van der Waals surface area contributed by atoms with E-state index in [-0.39, 0.29) is 11.8 Å². The van der Waals surface area contributed by atoms with Gasteiger partial charge in [0, 0.05) is 26.2 Å². The fourth-order valence-electron chi connectivity index (χ4n) is 2.42. The summed E-state index contributed by atoms with van der Waals surface area (Å²) in [6.45, 7) is 2.65. The zero-order valence-electron chi connectivity index (χ0n) is 11.8. The molecule has 1 atom stereocenters. The van der Waals surface area contributed by atoms with Crippen LogP contribution in [0.2, 0.25) is 0 Å². The van der Waals surface area contributed by atoms with Gasteiger partial charge >= 0.3 is 0 Å². The van der Waals surface area contributed by atoms with E-state index >= 15 is 0 Å². The number of nitrogens with zero attached hydrogens (tertiary/aromatic N) is 2. The number of carbonyl (C=O) groups excluding carboxylic acids is 1. The lowest BCUT2D eigenvalue weighted by Gasteiger charge is -2.32. The largest absolute Gasteiger partial charge is 0.495 e. The van der Waals surface area contributed by atoms with E-state index in [2.05, 4.69) is 15.2 Å². The molecule has 1 aromatic heterocycles. The average molecular weight is 278 g/mol. The first-order valence-corrected chi connectivity index (χ1v) is 6.97. The van der Waals surface area contributed by atoms with Crippen molar-refractivity contribution in [3.05, 3.63) is 18.3 Å². The number of aromatic nitrogens is 1. The van der Waals surface area contributed by atoms with Gasteiger partial charge in [-0.05, 0) is 25.0 Å². The Morgan fingerprint density at radius 1 is 1.60 bits per heavy atom. The van der Waals surface area contributed by atoms with Crippen LogP contribution in [-0.2, 0) is 4.79 Å². The molecule has 0 aromatic carbocycles. The lowest BCUT2D eigenvalue weighted by Crippen LogP contribution is -2.44. The Kier molecular flexibility index (Phi) is 5.17. The fourth-order valence-corrected chi connectivity index (χ4v) is 2.42. The number of pyridine rings is 1. The number of ether oxygens (including phenoxy) is 1. The second-order valence-corrected chi connectivity index (χ2v) is 4.92. The van der Waals surface area contributed by atoms with Gasteiger partial charge in [-0.15, -0.1) is 0 Å². The van der Waals surface area contributed by atoms with Gasteiger partial charge in [-0.3, -0.25) is 4.79 Å². The molecule has 6 nitrogen and oxygen atoms in total. The van der Waals surface area contributed by atoms with Crippen LogP contribution in [0.3, 0.4) is 0 Å². The highest BCUT2D eigenvalue weighted by Gasteiger charge is 2.26. The van der Waals surface area contributed by atoms with Crippen molar-refractivity contribution >= 4 is 11.7 Å².